The average Bonchev–Trinajstić information content (AvgIpc) is 2.48. The molecule has 0 atom stereocenters. The van der Waals surface area contributed by atoms with Gasteiger partial charge in [-0.2, -0.15) is 0 Å². The highest BCUT2D eigenvalue weighted by Gasteiger charge is 2.20. The maximum absolute atomic E-state index is 5.81. The molecular weight excluding hydrogens is 250 g/mol. The Morgan fingerprint density at radius 3 is 2.70 bits per heavy atom. The molecule has 2 rings (SSSR count). The van der Waals surface area contributed by atoms with Crippen molar-refractivity contribution >= 4 is 5.82 Å². The minimum Gasteiger partial charge on any atom is -0.384 e. The number of anilines is 1. The van der Waals surface area contributed by atoms with Gasteiger partial charge in [0.05, 0.1) is 0 Å². The van der Waals surface area contributed by atoms with Gasteiger partial charge in [-0.05, 0) is 42.9 Å². The largest absolute Gasteiger partial charge is 0.384 e. The minimum atomic E-state index is 0.590. The molecule has 0 bridgehead atoms. The van der Waals surface area contributed by atoms with E-state index in [1.807, 2.05) is 0 Å². The van der Waals surface area contributed by atoms with Crippen LogP contribution in [-0.4, -0.2) is 31.8 Å². The maximum Gasteiger partial charge on any atom is 0.129 e. The van der Waals surface area contributed by atoms with Crippen LogP contribution in [0, 0.1) is 5.92 Å². The van der Waals surface area contributed by atoms with Gasteiger partial charge in [0.2, 0.25) is 0 Å². The Morgan fingerprint density at radius 2 is 2.10 bits per heavy atom. The zero-order valence-corrected chi connectivity index (χ0v) is 12.8. The molecule has 20 heavy (non-hydrogen) atoms. The van der Waals surface area contributed by atoms with Crippen molar-refractivity contribution in [3.05, 3.63) is 23.4 Å². The summed E-state index contributed by atoms with van der Waals surface area (Å²) in [4.78, 5) is 7.20. The highest BCUT2D eigenvalue weighted by Crippen LogP contribution is 2.23. The van der Waals surface area contributed by atoms with Crippen LogP contribution in [0.2, 0.25) is 0 Å². The van der Waals surface area contributed by atoms with E-state index in [1.165, 1.54) is 24.1 Å². The van der Waals surface area contributed by atoms with Crippen molar-refractivity contribution in [1.29, 1.82) is 0 Å². The van der Waals surface area contributed by atoms with Gasteiger partial charge in [-0.1, -0.05) is 13.3 Å². The van der Waals surface area contributed by atoms with Crippen LogP contribution < -0.4 is 10.6 Å². The first kappa shape index (κ1) is 15.3. The number of aromatic nitrogens is 1. The van der Waals surface area contributed by atoms with Gasteiger partial charge >= 0.3 is 0 Å². The molecule has 1 aliphatic heterocycles. The standard InChI is InChI=1S/C16H27N3O/c1-3-4-15-9-14(11-17)10-16(18-15)19-7-5-13(6-8-19)12-20-2/h9-10,13H,3-8,11-12,17H2,1-2H3. The van der Waals surface area contributed by atoms with Crippen LogP contribution in [0.1, 0.15) is 37.4 Å². The monoisotopic (exact) mass is 277 g/mol. The summed E-state index contributed by atoms with van der Waals surface area (Å²) in [6, 6.07) is 4.29. The lowest BCUT2D eigenvalue weighted by Gasteiger charge is -2.33. The third-order valence-corrected chi connectivity index (χ3v) is 4.01. The fraction of sp³-hybridized carbons (Fsp3) is 0.688. The summed E-state index contributed by atoms with van der Waals surface area (Å²) in [5.41, 5.74) is 8.17. The summed E-state index contributed by atoms with van der Waals surface area (Å²) in [5.74, 6) is 1.80. The molecule has 1 fully saturated rings. The first-order valence-electron chi connectivity index (χ1n) is 7.70. The quantitative estimate of drug-likeness (QED) is 0.867. The van der Waals surface area contributed by atoms with Gasteiger partial charge in [0, 0.05) is 39.0 Å². The minimum absolute atomic E-state index is 0.590. The van der Waals surface area contributed by atoms with E-state index in [2.05, 4.69) is 24.0 Å². The number of rotatable bonds is 6. The number of piperidine rings is 1. The lowest BCUT2D eigenvalue weighted by atomic mass is 9.97. The number of nitrogens with two attached hydrogens (primary N) is 1. The summed E-state index contributed by atoms with van der Waals surface area (Å²) in [7, 11) is 1.79. The third kappa shape index (κ3) is 3.93. The molecule has 112 valence electrons. The molecule has 4 heteroatoms. The number of pyridine rings is 1. The average molecular weight is 277 g/mol. The van der Waals surface area contributed by atoms with E-state index in [0.717, 1.165) is 38.4 Å². The summed E-state index contributed by atoms with van der Waals surface area (Å²) in [6.07, 6.45) is 4.52. The molecule has 1 aromatic rings. The smallest absolute Gasteiger partial charge is 0.129 e. The molecule has 0 unspecified atom stereocenters. The molecule has 1 aromatic heterocycles. The molecule has 2 heterocycles. The van der Waals surface area contributed by atoms with Crippen molar-refractivity contribution in [1.82, 2.24) is 4.98 Å². The molecular formula is C16H27N3O. The molecule has 0 radical (unpaired) electrons. The zero-order valence-electron chi connectivity index (χ0n) is 12.8. The Bertz CT molecular complexity index is 414. The van der Waals surface area contributed by atoms with Crippen LogP contribution in [0.25, 0.3) is 0 Å². The molecule has 0 spiro atoms. The van der Waals surface area contributed by atoms with E-state index < -0.39 is 0 Å². The van der Waals surface area contributed by atoms with Gasteiger partial charge < -0.3 is 15.4 Å². The number of hydrogen-bond acceptors (Lipinski definition) is 4. The van der Waals surface area contributed by atoms with E-state index in [1.54, 1.807) is 7.11 Å². The van der Waals surface area contributed by atoms with Crippen molar-refractivity contribution in [2.75, 3.05) is 31.7 Å². The summed E-state index contributed by atoms with van der Waals surface area (Å²) >= 11 is 0. The molecule has 0 saturated carbocycles. The van der Waals surface area contributed by atoms with E-state index in [-0.39, 0.29) is 0 Å². The Kier molecular flexibility index (Phi) is 5.80. The highest BCUT2D eigenvalue weighted by atomic mass is 16.5. The molecule has 0 aromatic carbocycles. The van der Waals surface area contributed by atoms with E-state index in [9.17, 15) is 0 Å². The summed E-state index contributed by atoms with van der Waals surface area (Å²) in [5, 5.41) is 0. The van der Waals surface area contributed by atoms with Crippen LogP contribution >= 0.6 is 0 Å². The van der Waals surface area contributed by atoms with Gasteiger partial charge in [-0.15, -0.1) is 0 Å². The topological polar surface area (TPSA) is 51.4 Å². The molecule has 0 aliphatic carbocycles. The Balaban J connectivity index is 2.06. The summed E-state index contributed by atoms with van der Waals surface area (Å²) in [6.45, 7) is 5.80. The molecule has 2 N–H and O–H groups in total. The van der Waals surface area contributed by atoms with Crippen molar-refractivity contribution in [3.63, 3.8) is 0 Å². The van der Waals surface area contributed by atoms with Crippen molar-refractivity contribution in [2.24, 2.45) is 11.7 Å². The van der Waals surface area contributed by atoms with E-state index in [4.69, 9.17) is 15.5 Å². The summed E-state index contributed by atoms with van der Waals surface area (Å²) < 4.78 is 5.26. The third-order valence-electron chi connectivity index (χ3n) is 4.01. The van der Waals surface area contributed by atoms with E-state index >= 15 is 0 Å². The molecule has 1 saturated heterocycles. The van der Waals surface area contributed by atoms with Crippen molar-refractivity contribution in [3.8, 4) is 0 Å². The zero-order chi connectivity index (χ0) is 14.4. The molecule has 1 aliphatic rings. The maximum atomic E-state index is 5.81. The van der Waals surface area contributed by atoms with Crippen LogP contribution in [-0.2, 0) is 17.7 Å². The van der Waals surface area contributed by atoms with E-state index in [0.29, 0.717) is 12.5 Å². The van der Waals surface area contributed by atoms with Crippen LogP contribution in [0.5, 0.6) is 0 Å². The predicted molar refractivity (Wildman–Crippen MR) is 82.9 cm³/mol. The first-order valence-corrected chi connectivity index (χ1v) is 7.70. The van der Waals surface area contributed by atoms with Gasteiger partial charge in [-0.3, -0.25) is 0 Å². The van der Waals surface area contributed by atoms with Gasteiger partial charge in [0.15, 0.2) is 0 Å². The van der Waals surface area contributed by atoms with Gasteiger partial charge in [0.1, 0.15) is 5.82 Å². The normalized spacial score (nSPS) is 16.6. The number of hydrogen-bond donors (Lipinski definition) is 1. The van der Waals surface area contributed by atoms with Crippen LogP contribution in [0.4, 0.5) is 5.82 Å². The predicted octanol–water partition coefficient (Wildman–Crippen LogP) is 2.36. The van der Waals surface area contributed by atoms with Gasteiger partial charge in [0.25, 0.3) is 0 Å². The lowest BCUT2D eigenvalue weighted by molar-refractivity contribution is 0.139. The van der Waals surface area contributed by atoms with Gasteiger partial charge in [-0.25, -0.2) is 4.98 Å². The van der Waals surface area contributed by atoms with Crippen LogP contribution in [0.3, 0.4) is 0 Å². The van der Waals surface area contributed by atoms with Crippen LogP contribution in [0.15, 0.2) is 12.1 Å². The Morgan fingerprint density at radius 1 is 1.35 bits per heavy atom. The number of aryl methyl sites for hydroxylation is 1. The van der Waals surface area contributed by atoms with Crippen molar-refractivity contribution < 1.29 is 4.74 Å². The fourth-order valence-electron chi connectivity index (χ4n) is 2.86. The highest BCUT2D eigenvalue weighted by molar-refractivity contribution is 5.43. The fourth-order valence-corrected chi connectivity index (χ4v) is 2.86. The van der Waals surface area contributed by atoms with Crippen molar-refractivity contribution in [2.45, 2.75) is 39.2 Å². The number of methoxy groups -OCH3 is 1. The second-order valence-electron chi connectivity index (χ2n) is 5.66. The second-order valence-corrected chi connectivity index (χ2v) is 5.66. The SMILES string of the molecule is CCCc1cc(CN)cc(N2CCC(COC)CC2)n1. The second kappa shape index (κ2) is 7.60. The molecule has 0 amide bonds. The molecule has 4 nitrogen and oxygen atoms in total. The number of ether oxygens (including phenoxy) is 1. The Labute approximate surface area is 122 Å². The Hall–Kier alpha value is -1.13. The number of nitrogens with zero attached hydrogens (tertiary/aromatic N) is 2. The lowest BCUT2D eigenvalue weighted by Crippen LogP contribution is -2.35. The first-order chi connectivity index (χ1) is 9.76.